The maximum atomic E-state index is 11.8. The number of hydrogen-bond donors (Lipinski definition) is 0. The van der Waals surface area contributed by atoms with Gasteiger partial charge in [0.05, 0.1) is 11.5 Å². The lowest BCUT2D eigenvalue weighted by molar-refractivity contribution is -0.384. The summed E-state index contributed by atoms with van der Waals surface area (Å²) >= 11 is 1.94. The van der Waals surface area contributed by atoms with Crippen molar-refractivity contribution < 1.29 is 14.5 Å². The van der Waals surface area contributed by atoms with Gasteiger partial charge in [-0.1, -0.05) is 5.92 Å². The van der Waals surface area contributed by atoms with Gasteiger partial charge in [0.15, 0.2) is 4.11 Å². The lowest BCUT2D eigenvalue weighted by atomic mass is 10.2. The maximum Gasteiger partial charge on any atom is 0.416 e. The Morgan fingerprint density at radius 2 is 2.16 bits per heavy atom. The zero-order valence-electron chi connectivity index (χ0n) is 10.1. The third kappa shape index (κ3) is 4.40. The number of nitro benzene ring substituents is 1. The van der Waals surface area contributed by atoms with Crippen LogP contribution in [0.4, 0.5) is 16.2 Å². The van der Waals surface area contributed by atoms with Crippen LogP contribution in [-0.4, -0.2) is 21.7 Å². The average molecular weight is 374 g/mol. The van der Waals surface area contributed by atoms with E-state index >= 15 is 0 Å². The van der Waals surface area contributed by atoms with Crippen molar-refractivity contribution in [3.05, 3.63) is 34.4 Å². The molecule has 19 heavy (non-hydrogen) atoms. The molecule has 1 amide bonds. The van der Waals surface area contributed by atoms with Crippen LogP contribution in [0.25, 0.3) is 0 Å². The minimum Gasteiger partial charge on any atom is -0.435 e. The highest BCUT2D eigenvalue weighted by molar-refractivity contribution is 14.1. The van der Waals surface area contributed by atoms with Crippen molar-refractivity contribution in [1.82, 2.24) is 0 Å². The highest BCUT2D eigenvalue weighted by atomic mass is 127. The van der Waals surface area contributed by atoms with Gasteiger partial charge < -0.3 is 4.74 Å². The van der Waals surface area contributed by atoms with Crippen molar-refractivity contribution in [1.29, 1.82) is 0 Å². The Morgan fingerprint density at radius 1 is 1.58 bits per heavy atom. The summed E-state index contributed by atoms with van der Waals surface area (Å²) in [4.78, 5) is 23.1. The van der Waals surface area contributed by atoms with E-state index in [0.29, 0.717) is 5.69 Å². The molecule has 0 aliphatic carbocycles. The number of non-ortho nitro benzene ring substituents is 1. The fourth-order valence-electron chi connectivity index (χ4n) is 1.31. The third-order valence-electron chi connectivity index (χ3n) is 2.11. The van der Waals surface area contributed by atoms with Crippen LogP contribution in [-0.2, 0) is 4.74 Å². The number of halogens is 1. The monoisotopic (exact) mass is 374 g/mol. The molecule has 0 fully saturated rings. The average Bonchev–Trinajstić information content (AvgIpc) is 2.35. The summed E-state index contributed by atoms with van der Waals surface area (Å²) in [5.74, 6) is 2.35. The molecule has 0 saturated heterocycles. The van der Waals surface area contributed by atoms with E-state index in [0.717, 1.165) is 0 Å². The second kappa shape index (κ2) is 6.94. The second-order valence-corrected chi connectivity index (χ2v) is 5.24. The molecule has 1 atom stereocenters. The summed E-state index contributed by atoms with van der Waals surface area (Å²) < 4.78 is 4.74. The number of terminal acetylenes is 1. The number of amides is 1. The Bertz CT molecular complexity index is 507. The number of anilines is 1. The number of ether oxygens (including phenoxy) is 1. The Kier molecular flexibility index (Phi) is 5.57. The van der Waals surface area contributed by atoms with Gasteiger partial charge in [0.25, 0.3) is 5.69 Å². The molecule has 0 N–H and O–H groups in total. The second-order valence-electron chi connectivity index (χ2n) is 3.49. The molecular weight excluding hydrogens is 363 g/mol. The fraction of sp³-hybridized carbons (Fsp3) is 0.250. The standard InChI is InChI=1S/C12H11IN2O4/c1-3-8-14(12(16)19-9(2)13)10-4-6-11(7-5-10)15(17)18/h1,4-7,9H,8H2,2H3. The van der Waals surface area contributed by atoms with E-state index in [-0.39, 0.29) is 16.3 Å². The Labute approximate surface area is 124 Å². The van der Waals surface area contributed by atoms with Crippen LogP contribution < -0.4 is 4.90 Å². The quantitative estimate of drug-likeness (QED) is 0.267. The molecule has 0 aliphatic rings. The van der Waals surface area contributed by atoms with E-state index in [9.17, 15) is 14.9 Å². The molecular formula is C12H11IN2O4. The molecule has 0 saturated carbocycles. The van der Waals surface area contributed by atoms with Crippen LogP contribution in [0.5, 0.6) is 0 Å². The van der Waals surface area contributed by atoms with Gasteiger partial charge in [-0.25, -0.2) is 4.79 Å². The molecule has 1 aromatic rings. The Hall–Kier alpha value is -1.82. The molecule has 0 aliphatic heterocycles. The molecule has 0 bridgehead atoms. The van der Waals surface area contributed by atoms with Crippen molar-refractivity contribution in [2.24, 2.45) is 0 Å². The normalized spacial score (nSPS) is 11.2. The first-order valence-electron chi connectivity index (χ1n) is 5.26. The van der Waals surface area contributed by atoms with Crippen LogP contribution in [0.3, 0.4) is 0 Å². The van der Waals surface area contributed by atoms with Gasteiger partial charge in [-0.2, -0.15) is 0 Å². The van der Waals surface area contributed by atoms with Crippen molar-refractivity contribution in [2.45, 2.75) is 11.0 Å². The molecule has 100 valence electrons. The largest absolute Gasteiger partial charge is 0.435 e. The van der Waals surface area contributed by atoms with Crippen molar-refractivity contribution in [2.75, 3.05) is 11.4 Å². The maximum absolute atomic E-state index is 11.8. The van der Waals surface area contributed by atoms with Gasteiger partial charge in [-0.15, -0.1) is 6.42 Å². The summed E-state index contributed by atoms with van der Waals surface area (Å²) in [6, 6.07) is 5.52. The summed E-state index contributed by atoms with van der Waals surface area (Å²) in [7, 11) is 0. The van der Waals surface area contributed by atoms with Crippen LogP contribution in [0, 0.1) is 22.5 Å². The SMILES string of the molecule is C#CCN(C(=O)OC(C)I)c1ccc([N+](=O)[O-])cc1. The first-order chi connectivity index (χ1) is 8.95. The van der Waals surface area contributed by atoms with Crippen LogP contribution in [0.15, 0.2) is 24.3 Å². The summed E-state index contributed by atoms with van der Waals surface area (Å²) in [6.45, 7) is 1.74. The van der Waals surface area contributed by atoms with Gasteiger partial charge in [0.1, 0.15) is 0 Å². The molecule has 0 aromatic heterocycles. The number of nitro groups is 1. The number of carbonyl (C=O) groups excluding carboxylic acids is 1. The fourth-order valence-corrected chi connectivity index (χ4v) is 1.53. The Morgan fingerprint density at radius 3 is 2.58 bits per heavy atom. The first-order valence-corrected chi connectivity index (χ1v) is 6.50. The zero-order valence-corrected chi connectivity index (χ0v) is 12.2. The number of hydrogen-bond acceptors (Lipinski definition) is 4. The molecule has 1 unspecified atom stereocenters. The van der Waals surface area contributed by atoms with Gasteiger partial charge >= 0.3 is 6.09 Å². The molecule has 7 heteroatoms. The predicted octanol–water partition coefficient (Wildman–Crippen LogP) is 2.95. The number of alkyl halides is 1. The lowest BCUT2D eigenvalue weighted by Crippen LogP contribution is -2.33. The van der Waals surface area contributed by atoms with Crippen LogP contribution in [0.2, 0.25) is 0 Å². The van der Waals surface area contributed by atoms with E-state index < -0.39 is 11.0 Å². The van der Waals surface area contributed by atoms with Crippen molar-refractivity contribution >= 4 is 40.1 Å². The predicted molar refractivity (Wildman–Crippen MR) is 79.2 cm³/mol. The molecule has 1 rings (SSSR count). The molecule has 0 heterocycles. The van der Waals surface area contributed by atoms with Crippen molar-refractivity contribution in [3.8, 4) is 12.3 Å². The van der Waals surface area contributed by atoms with E-state index in [4.69, 9.17) is 11.2 Å². The van der Waals surface area contributed by atoms with Crippen LogP contribution >= 0.6 is 22.6 Å². The lowest BCUT2D eigenvalue weighted by Gasteiger charge is -2.20. The smallest absolute Gasteiger partial charge is 0.416 e. The Balaban J connectivity index is 2.96. The highest BCUT2D eigenvalue weighted by Gasteiger charge is 2.18. The molecule has 6 nitrogen and oxygen atoms in total. The molecule has 0 spiro atoms. The van der Waals surface area contributed by atoms with Gasteiger partial charge in [0, 0.05) is 17.8 Å². The highest BCUT2D eigenvalue weighted by Crippen LogP contribution is 2.20. The number of nitrogens with zero attached hydrogens (tertiary/aromatic N) is 2. The van der Waals surface area contributed by atoms with E-state index in [1.54, 1.807) is 6.92 Å². The summed E-state index contributed by atoms with van der Waals surface area (Å²) in [5.41, 5.74) is 0.394. The van der Waals surface area contributed by atoms with E-state index in [2.05, 4.69) is 5.92 Å². The minimum atomic E-state index is -0.589. The number of carbonyl (C=O) groups is 1. The zero-order chi connectivity index (χ0) is 14.4. The van der Waals surface area contributed by atoms with Gasteiger partial charge in [0.2, 0.25) is 0 Å². The topological polar surface area (TPSA) is 72.7 Å². The van der Waals surface area contributed by atoms with E-state index in [1.165, 1.54) is 29.2 Å². The first kappa shape index (κ1) is 15.2. The molecule has 1 aromatic carbocycles. The number of rotatable bonds is 4. The summed E-state index contributed by atoms with van der Waals surface area (Å²) in [5, 5.41) is 10.6. The summed E-state index contributed by atoms with van der Waals surface area (Å²) in [6.07, 6.45) is 4.61. The number of benzene rings is 1. The minimum absolute atomic E-state index is 0.0278. The van der Waals surface area contributed by atoms with Crippen molar-refractivity contribution in [3.63, 3.8) is 0 Å². The van der Waals surface area contributed by atoms with Gasteiger partial charge in [-0.05, 0) is 41.6 Å². The third-order valence-corrected chi connectivity index (χ3v) is 2.36. The van der Waals surface area contributed by atoms with E-state index in [1.807, 2.05) is 22.6 Å². The van der Waals surface area contributed by atoms with Gasteiger partial charge in [-0.3, -0.25) is 15.0 Å². The molecule has 0 radical (unpaired) electrons. The van der Waals surface area contributed by atoms with Crippen LogP contribution in [0.1, 0.15) is 6.92 Å².